The molecular weight excluding hydrogens is 182 g/mol. The first-order valence-electron chi connectivity index (χ1n) is 4.08. The molecule has 0 saturated heterocycles. The normalized spacial score (nSPS) is 9.43. The van der Waals surface area contributed by atoms with E-state index in [2.05, 4.69) is 16.0 Å². The zero-order valence-corrected chi connectivity index (χ0v) is 7.87. The van der Waals surface area contributed by atoms with Gasteiger partial charge in [-0.25, -0.2) is 4.79 Å². The van der Waals surface area contributed by atoms with Gasteiger partial charge in [0.2, 0.25) is 0 Å². The molecule has 0 aliphatic carbocycles. The Morgan fingerprint density at radius 3 is 3.21 bits per heavy atom. The van der Waals surface area contributed by atoms with Crippen LogP contribution in [0.1, 0.15) is 16.1 Å². The first kappa shape index (κ1) is 10.4. The molecule has 1 rings (SSSR count). The van der Waals surface area contributed by atoms with E-state index in [1.54, 1.807) is 6.07 Å². The molecule has 4 heteroatoms. The Bertz CT molecular complexity index is 348. The van der Waals surface area contributed by atoms with Crippen LogP contribution in [0.3, 0.4) is 0 Å². The standard InChI is InChI=1S/C10H11NO3/c1-3-4-11-6-9-5-8(7-14-9)10(12)13-2/h1,5,7,11H,4,6H2,2H3. The third kappa shape index (κ3) is 2.64. The van der Waals surface area contributed by atoms with Crippen molar-refractivity contribution in [2.45, 2.75) is 6.54 Å². The zero-order chi connectivity index (χ0) is 10.4. The van der Waals surface area contributed by atoms with Gasteiger partial charge in [-0.15, -0.1) is 6.42 Å². The summed E-state index contributed by atoms with van der Waals surface area (Å²) in [5, 5.41) is 2.94. The third-order valence-corrected chi connectivity index (χ3v) is 1.60. The van der Waals surface area contributed by atoms with Crippen LogP contribution in [0.15, 0.2) is 16.7 Å². The molecular formula is C10H11NO3. The number of hydrogen-bond acceptors (Lipinski definition) is 4. The maximum Gasteiger partial charge on any atom is 0.341 e. The first-order chi connectivity index (χ1) is 6.77. The minimum atomic E-state index is -0.406. The molecule has 0 aliphatic heterocycles. The van der Waals surface area contributed by atoms with Crippen LogP contribution in [-0.4, -0.2) is 19.6 Å². The van der Waals surface area contributed by atoms with Gasteiger partial charge in [0.25, 0.3) is 0 Å². The first-order valence-corrected chi connectivity index (χ1v) is 4.08. The van der Waals surface area contributed by atoms with Crippen molar-refractivity contribution in [1.82, 2.24) is 5.32 Å². The fourth-order valence-corrected chi connectivity index (χ4v) is 0.956. The number of hydrogen-bond donors (Lipinski definition) is 1. The summed E-state index contributed by atoms with van der Waals surface area (Å²) >= 11 is 0. The van der Waals surface area contributed by atoms with Gasteiger partial charge >= 0.3 is 5.97 Å². The van der Waals surface area contributed by atoms with Crippen molar-refractivity contribution in [3.8, 4) is 12.3 Å². The summed E-state index contributed by atoms with van der Waals surface area (Å²) in [5.74, 6) is 2.68. The SMILES string of the molecule is C#CCNCc1cc(C(=O)OC)co1. The van der Waals surface area contributed by atoms with Crippen molar-refractivity contribution >= 4 is 5.97 Å². The van der Waals surface area contributed by atoms with E-state index >= 15 is 0 Å². The number of ether oxygens (including phenoxy) is 1. The van der Waals surface area contributed by atoms with Gasteiger partial charge < -0.3 is 9.15 Å². The lowest BCUT2D eigenvalue weighted by Crippen LogP contribution is -2.12. The second-order valence-electron chi connectivity index (χ2n) is 2.60. The summed E-state index contributed by atoms with van der Waals surface area (Å²) in [4.78, 5) is 11.0. The Labute approximate surface area is 82.2 Å². The average Bonchev–Trinajstić information content (AvgIpc) is 2.66. The van der Waals surface area contributed by atoms with Crippen molar-refractivity contribution in [2.75, 3.05) is 13.7 Å². The van der Waals surface area contributed by atoms with Gasteiger partial charge in [0.05, 0.1) is 25.8 Å². The summed E-state index contributed by atoms with van der Waals surface area (Å²) < 4.78 is 9.63. The van der Waals surface area contributed by atoms with E-state index in [-0.39, 0.29) is 0 Å². The predicted octanol–water partition coefficient (Wildman–Crippen LogP) is 0.789. The number of terminal acetylenes is 1. The van der Waals surface area contributed by atoms with Crippen LogP contribution in [0.25, 0.3) is 0 Å². The fourth-order valence-electron chi connectivity index (χ4n) is 0.956. The van der Waals surface area contributed by atoms with E-state index in [4.69, 9.17) is 10.8 Å². The van der Waals surface area contributed by atoms with Gasteiger partial charge in [-0.05, 0) is 6.07 Å². The lowest BCUT2D eigenvalue weighted by molar-refractivity contribution is 0.0600. The van der Waals surface area contributed by atoms with E-state index in [0.717, 1.165) is 0 Å². The van der Waals surface area contributed by atoms with Crippen LogP contribution in [0.4, 0.5) is 0 Å². The molecule has 0 fully saturated rings. The average molecular weight is 193 g/mol. The van der Waals surface area contributed by atoms with Crippen molar-refractivity contribution in [2.24, 2.45) is 0 Å². The summed E-state index contributed by atoms with van der Waals surface area (Å²) in [6, 6.07) is 1.62. The second kappa shape index (κ2) is 5.10. The number of nitrogens with one attached hydrogen (secondary N) is 1. The Balaban J connectivity index is 2.51. The molecule has 0 spiro atoms. The molecule has 0 unspecified atom stereocenters. The molecule has 1 heterocycles. The smallest absolute Gasteiger partial charge is 0.341 e. The summed E-state index contributed by atoms with van der Waals surface area (Å²) in [6.07, 6.45) is 6.41. The van der Waals surface area contributed by atoms with Crippen LogP contribution in [-0.2, 0) is 11.3 Å². The van der Waals surface area contributed by atoms with E-state index in [1.807, 2.05) is 0 Å². The lowest BCUT2D eigenvalue weighted by Gasteiger charge is -1.94. The van der Waals surface area contributed by atoms with Gasteiger partial charge in [-0.2, -0.15) is 0 Å². The zero-order valence-electron chi connectivity index (χ0n) is 7.87. The molecule has 74 valence electrons. The summed E-state index contributed by atoms with van der Waals surface area (Å²) in [6.45, 7) is 0.968. The van der Waals surface area contributed by atoms with E-state index in [9.17, 15) is 4.79 Å². The highest BCUT2D eigenvalue weighted by atomic mass is 16.5. The van der Waals surface area contributed by atoms with E-state index in [0.29, 0.717) is 24.4 Å². The number of esters is 1. The molecule has 0 aliphatic rings. The molecule has 0 bridgehead atoms. The van der Waals surface area contributed by atoms with Crippen LogP contribution < -0.4 is 5.32 Å². The molecule has 14 heavy (non-hydrogen) atoms. The molecule has 0 amide bonds. The number of methoxy groups -OCH3 is 1. The summed E-state index contributed by atoms with van der Waals surface area (Å²) in [5.41, 5.74) is 0.407. The minimum absolute atomic E-state index is 0.406. The molecule has 1 aromatic heterocycles. The van der Waals surface area contributed by atoms with Gasteiger partial charge in [0.1, 0.15) is 12.0 Å². The van der Waals surface area contributed by atoms with Gasteiger partial charge in [0.15, 0.2) is 0 Å². The Hall–Kier alpha value is -1.73. The van der Waals surface area contributed by atoms with Crippen LogP contribution >= 0.6 is 0 Å². The Kier molecular flexibility index (Phi) is 3.77. The molecule has 1 aromatic rings. The van der Waals surface area contributed by atoms with Crippen LogP contribution in [0, 0.1) is 12.3 Å². The third-order valence-electron chi connectivity index (χ3n) is 1.60. The van der Waals surface area contributed by atoms with Crippen LogP contribution in [0.5, 0.6) is 0 Å². The largest absolute Gasteiger partial charge is 0.467 e. The highest BCUT2D eigenvalue weighted by molar-refractivity contribution is 5.88. The highest BCUT2D eigenvalue weighted by Crippen LogP contribution is 2.08. The molecule has 0 atom stereocenters. The second-order valence-corrected chi connectivity index (χ2v) is 2.60. The summed E-state index contributed by atoms with van der Waals surface area (Å²) in [7, 11) is 1.32. The van der Waals surface area contributed by atoms with Gasteiger partial charge in [-0.3, -0.25) is 5.32 Å². The molecule has 4 nitrogen and oxygen atoms in total. The minimum Gasteiger partial charge on any atom is -0.467 e. The predicted molar refractivity (Wildman–Crippen MR) is 50.6 cm³/mol. The topological polar surface area (TPSA) is 51.5 Å². The maximum atomic E-state index is 11.0. The van der Waals surface area contributed by atoms with E-state index in [1.165, 1.54) is 13.4 Å². The molecule has 1 N–H and O–H groups in total. The Morgan fingerprint density at radius 1 is 1.79 bits per heavy atom. The van der Waals surface area contributed by atoms with Crippen molar-refractivity contribution in [3.05, 3.63) is 23.7 Å². The highest BCUT2D eigenvalue weighted by Gasteiger charge is 2.09. The van der Waals surface area contributed by atoms with E-state index < -0.39 is 5.97 Å². The molecule has 0 aromatic carbocycles. The maximum absolute atomic E-state index is 11.0. The number of rotatable bonds is 4. The molecule has 0 radical (unpaired) electrons. The number of furan rings is 1. The number of carbonyl (C=O) groups is 1. The quantitative estimate of drug-likeness (QED) is 0.436. The fraction of sp³-hybridized carbons (Fsp3) is 0.300. The van der Waals surface area contributed by atoms with Crippen molar-refractivity contribution in [3.63, 3.8) is 0 Å². The van der Waals surface area contributed by atoms with Gasteiger partial charge in [0, 0.05) is 0 Å². The van der Waals surface area contributed by atoms with Gasteiger partial charge in [-0.1, -0.05) is 5.92 Å². The monoisotopic (exact) mass is 193 g/mol. The Morgan fingerprint density at radius 2 is 2.57 bits per heavy atom. The number of carbonyl (C=O) groups excluding carboxylic acids is 1. The van der Waals surface area contributed by atoms with Crippen molar-refractivity contribution < 1.29 is 13.9 Å². The lowest BCUT2D eigenvalue weighted by atomic mass is 10.3. The van der Waals surface area contributed by atoms with Crippen molar-refractivity contribution in [1.29, 1.82) is 0 Å². The molecule has 0 saturated carbocycles. The van der Waals surface area contributed by atoms with Crippen LogP contribution in [0.2, 0.25) is 0 Å².